The number of carbonyl (C=O) groups excluding carboxylic acids is 1. The molecule has 0 heterocycles. The van der Waals surface area contributed by atoms with Gasteiger partial charge in [0.15, 0.2) is 0 Å². The summed E-state index contributed by atoms with van der Waals surface area (Å²) in [4.78, 5) is 12.0. The lowest BCUT2D eigenvalue weighted by molar-refractivity contribution is -0.121. The summed E-state index contributed by atoms with van der Waals surface area (Å²) >= 11 is 3.58. The van der Waals surface area contributed by atoms with E-state index in [0.29, 0.717) is 17.2 Å². The minimum absolute atomic E-state index is 0.207. The molecule has 0 aliphatic carbocycles. The van der Waals surface area contributed by atoms with E-state index in [1.54, 1.807) is 0 Å². The zero-order valence-corrected chi connectivity index (χ0v) is 15.3. The molecule has 0 radical (unpaired) electrons. The molecule has 0 rings (SSSR count). The average molecular weight is 348 g/mol. The van der Waals surface area contributed by atoms with Crippen molar-refractivity contribution < 1.29 is 4.79 Å². The van der Waals surface area contributed by atoms with Gasteiger partial charge in [0.25, 0.3) is 0 Å². The fourth-order valence-electron chi connectivity index (χ4n) is 2.13. The molecule has 0 saturated carbocycles. The van der Waals surface area contributed by atoms with Crippen LogP contribution in [0.1, 0.15) is 85.0 Å². The van der Waals surface area contributed by atoms with E-state index in [0.717, 1.165) is 13.0 Å². The van der Waals surface area contributed by atoms with Crippen molar-refractivity contribution >= 4 is 21.8 Å². The molecule has 3 heteroatoms. The van der Waals surface area contributed by atoms with Gasteiger partial charge in [-0.25, -0.2) is 0 Å². The molecule has 0 aliphatic heterocycles. The molecule has 0 saturated heterocycles. The number of nitrogens with one attached hydrogen (secondary N) is 1. The Morgan fingerprint density at radius 2 is 1.45 bits per heavy atom. The first-order chi connectivity index (χ1) is 9.57. The lowest BCUT2D eigenvalue weighted by Gasteiger charge is -2.14. The molecule has 1 N–H and O–H groups in total. The highest BCUT2D eigenvalue weighted by atomic mass is 79.9. The molecule has 0 aromatic carbocycles. The van der Waals surface area contributed by atoms with E-state index in [9.17, 15) is 4.79 Å². The number of amides is 1. The smallest absolute Gasteiger partial charge is 0.220 e. The van der Waals surface area contributed by atoms with Crippen molar-refractivity contribution in [3.63, 3.8) is 0 Å². The fourth-order valence-corrected chi connectivity index (χ4v) is 2.29. The van der Waals surface area contributed by atoms with Gasteiger partial charge in [0.05, 0.1) is 0 Å². The SMILES string of the molecule is CCCCCCCCCCCC(=O)NCC(Br)C(C)C. The Labute approximate surface area is 134 Å². The molecule has 0 aliphatic rings. The van der Waals surface area contributed by atoms with Crippen molar-refractivity contribution in [3.8, 4) is 0 Å². The first-order valence-corrected chi connectivity index (χ1v) is 9.40. The Balaban J connectivity index is 3.27. The van der Waals surface area contributed by atoms with Crippen molar-refractivity contribution in [1.82, 2.24) is 5.32 Å². The quantitative estimate of drug-likeness (QED) is 0.348. The zero-order chi connectivity index (χ0) is 15.2. The van der Waals surface area contributed by atoms with Crippen LogP contribution in [-0.4, -0.2) is 17.3 Å². The van der Waals surface area contributed by atoms with E-state index >= 15 is 0 Å². The second-order valence-corrected chi connectivity index (χ2v) is 7.32. The maximum atomic E-state index is 11.6. The van der Waals surface area contributed by atoms with Crippen molar-refractivity contribution in [1.29, 1.82) is 0 Å². The summed E-state index contributed by atoms with van der Waals surface area (Å²) in [7, 11) is 0. The number of hydrogen-bond donors (Lipinski definition) is 1. The van der Waals surface area contributed by atoms with Gasteiger partial charge in [-0.05, 0) is 12.3 Å². The highest BCUT2D eigenvalue weighted by molar-refractivity contribution is 9.09. The van der Waals surface area contributed by atoms with Crippen LogP contribution < -0.4 is 5.32 Å². The minimum Gasteiger partial charge on any atom is -0.355 e. The molecule has 1 unspecified atom stereocenters. The van der Waals surface area contributed by atoms with Gasteiger partial charge in [0, 0.05) is 17.8 Å². The van der Waals surface area contributed by atoms with Crippen LogP contribution in [-0.2, 0) is 4.79 Å². The number of carbonyl (C=O) groups is 1. The van der Waals surface area contributed by atoms with Crippen LogP contribution in [0.15, 0.2) is 0 Å². The maximum absolute atomic E-state index is 11.6. The van der Waals surface area contributed by atoms with Crippen LogP contribution in [0.25, 0.3) is 0 Å². The monoisotopic (exact) mass is 347 g/mol. The zero-order valence-electron chi connectivity index (χ0n) is 13.7. The maximum Gasteiger partial charge on any atom is 0.220 e. The first kappa shape index (κ1) is 19.9. The van der Waals surface area contributed by atoms with Crippen molar-refractivity contribution in [2.75, 3.05) is 6.54 Å². The van der Waals surface area contributed by atoms with E-state index in [2.05, 4.69) is 42.0 Å². The van der Waals surface area contributed by atoms with E-state index < -0.39 is 0 Å². The predicted molar refractivity (Wildman–Crippen MR) is 92.4 cm³/mol. The largest absolute Gasteiger partial charge is 0.355 e. The average Bonchev–Trinajstić information content (AvgIpc) is 2.42. The molecule has 0 spiro atoms. The van der Waals surface area contributed by atoms with Crippen molar-refractivity contribution in [2.45, 2.75) is 89.8 Å². The van der Waals surface area contributed by atoms with Crippen LogP contribution in [0.3, 0.4) is 0 Å². The topological polar surface area (TPSA) is 29.1 Å². The molecule has 120 valence electrons. The highest BCUT2D eigenvalue weighted by Gasteiger charge is 2.10. The fraction of sp³-hybridized carbons (Fsp3) is 0.941. The number of alkyl halides is 1. The molecule has 2 nitrogen and oxygen atoms in total. The highest BCUT2D eigenvalue weighted by Crippen LogP contribution is 2.12. The third kappa shape index (κ3) is 13.0. The van der Waals surface area contributed by atoms with Gasteiger partial charge in [0.2, 0.25) is 5.91 Å². The summed E-state index contributed by atoms with van der Waals surface area (Å²) < 4.78 is 0. The second kappa shape index (κ2) is 13.9. The number of hydrogen-bond acceptors (Lipinski definition) is 1. The van der Waals surface area contributed by atoms with Gasteiger partial charge in [0.1, 0.15) is 0 Å². The van der Waals surface area contributed by atoms with Gasteiger partial charge < -0.3 is 5.32 Å². The molecule has 20 heavy (non-hydrogen) atoms. The normalized spacial score (nSPS) is 12.7. The third-order valence-electron chi connectivity index (χ3n) is 3.73. The van der Waals surface area contributed by atoms with E-state index in [1.165, 1.54) is 51.4 Å². The summed E-state index contributed by atoms with van der Waals surface area (Å²) in [5.41, 5.74) is 0. The standard InChI is InChI=1S/C17H34BrNO/c1-4-5-6-7-8-9-10-11-12-13-17(20)19-14-16(18)15(2)3/h15-16H,4-14H2,1-3H3,(H,19,20). The van der Waals surface area contributed by atoms with Gasteiger partial charge in [-0.3, -0.25) is 4.79 Å². The summed E-state index contributed by atoms with van der Waals surface area (Å²) in [5, 5.41) is 3.00. The first-order valence-electron chi connectivity index (χ1n) is 8.48. The van der Waals surface area contributed by atoms with Crippen LogP contribution in [0.2, 0.25) is 0 Å². The van der Waals surface area contributed by atoms with Crippen LogP contribution in [0.5, 0.6) is 0 Å². The lowest BCUT2D eigenvalue weighted by atomic mass is 10.1. The van der Waals surface area contributed by atoms with Crippen molar-refractivity contribution in [3.05, 3.63) is 0 Å². The Kier molecular flexibility index (Phi) is 13.9. The van der Waals surface area contributed by atoms with Crippen molar-refractivity contribution in [2.24, 2.45) is 5.92 Å². The molecular formula is C17H34BrNO. The number of rotatable bonds is 13. The van der Waals surface area contributed by atoms with Crippen LogP contribution in [0.4, 0.5) is 0 Å². The summed E-state index contributed by atoms with van der Waals surface area (Å²) in [6, 6.07) is 0. The van der Waals surface area contributed by atoms with Gasteiger partial charge >= 0.3 is 0 Å². The molecule has 0 aromatic heterocycles. The summed E-state index contributed by atoms with van der Waals surface area (Å²) in [6.07, 6.45) is 12.4. The Morgan fingerprint density at radius 1 is 0.950 bits per heavy atom. The summed E-state index contributed by atoms with van der Waals surface area (Å²) in [6.45, 7) is 7.32. The van der Waals surface area contributed by atoms with Crippen LogP contribution in [0, 0.1) is 5.92 Å². The third-order valence-corrected chi connectivity index (χ3v) is 5.11. The van der Waals surface area contributed by atoms with E-state index in [-0.39, 0.29) is 5.91 Å². The van der Waals surface area contributed by atoms with Crippen LogP contribution >= 0.6 is 15.9 Å². The number of halogens is 1. The molecule has 1 amide bonds. The van der Waals surface area contributed by atoms with Gasteiger partial charge in [-0.15, -0.1) is 0 Å². The predicted octanol–water partition coefficient (Wildman–Crippen LogP) is 5.44. The molecule has 0 bridgehead atoms. The van der Waals surface area contributed by atoms with Gasteiger partial charge in [-0.2, -0.15) is 0 Å². The Bertz CT molecular complexity index is 231. The molecule has 0 fully saturated rings. The Morgan fingerprint density at radius 3 is 1.95 bits per heavy atom. The molecule has 1 atom stereocenters. The van der Waals surface area contributed by atoms with E-state index in [1.807, 2.05) is 0 Å². The second-order valence-electron chi connectivity index (χ2n) is 6.14. The minimum atomic E-state index is 0.207. The molecular weight excluding hydrogens is 314 g/mol. The Hall–Kier alpha value is -0.0500. The van der Waals surface area contributed by atoms with E-state index in [4.69, 9.17) is 0 Å². The number of unbranched alkanes of at least 4 members (excludes halogenated alkanes) is 8. The lowest BCUT2D eigenvalue weighted by Crippen LogP contribution is -2.31. The summed E-state index contributed by atoms with van der Waals surface area (Å²) in [5.74, 6) is 0.765. The molecule has 0 aromatic rings. The van der Waals surface area contributed by atoms with Gasteiger partial charge in [-0.1, -0.05) is 88.1 Å².